The van der Waals surface area contributed by atoms with Crippen LogP contribution in [0.5, 0.6) is 0 Å². The average Bonchev–Trinajstić information content (AvgIpc) is 2.62. The fraction of sp³-hybridized carbons (Fsp3) is 0.692. The van der Waals surface area contributed by atoms with Gasteiger partial charge in [-0.1, -0.05) is 27.2 Å². The third-order valence-electron chi connectivity index (χ3n) is 3.18. The summed E-state index contributed by atoms with van der Waals surface area (Å²) in [4.78, 5) is 0. The van der Waals surface area contributed by atoms with Gasteiger partial charge in [0.1, 0.15) is 0 Å². The van der Waals surface area contributed by atoms with Crippen LogP contribution in [0.3, 0.4) is 0 Å². The molecular weight excluding hydrogens is 187 g/mol. The molecule has 0 aromatic heterocycles. The molecule has 0 N–H and O–H groups in total. The lowest BCUT2D eigenvalue weighted by Crippen LogP contribution is -1.84. The second kappa shape index (κ2) is 5.71. The van der Waals surface area contributed by atoms with Crippen LogP contribution < -0.4 is 0 Å². The van der Waals surface area contributed by atoms with Gasteiger partial charge in [0, 0.05) is 0 Å². The Bertz CT molecular complexity index is 212. The van der Waals surface area contributed by atoms with Crippen molar-refractivity contribution in [2.45, 2.75) is 51.4 Å². The summed E-state index contributed by atoms with van der Waals surface area (Å²) >= 11 is 0. The molecule has 1 aliphatic heterocycles. The predicted molar refractivity (Wildman–Crippen MR) is 66.3 cm³/mol. The summed E-state index contributed by atoms with van der Waals surface area (Å²) in [6.45, 7) is 0. The summed E-state index contributed by atoms with van der Waals surface area (Å²) in [6, 6.07) is 0. The van der Waals surface area contributed by atoms with E-state index in [9.17, 15) is 0 Å². The fourth-order valence-corrected chi connectivity index (χ4v) is 3.75. The molecule has 0 fully saturated rings. The van der Waals surface area contributed by atoms with E-state index in [1.807, 2.05) is 0 Å². The van der Waals surface area contributed by atoms with Gasteiger partial charge in [-0.3, -0.25) is 0 Å². The van der Waals surface area contributed by atoms with Crippen LogP contribution in [0.2, 0.25) is 0 Å². The molecule has 0 amide bonds. The van der Waals surface area contributed by atoms with E-state index in [-0.39, 0.29) is 0 Å². The van der Waals surface area contributed by atoms with Gasteiger partial charge in [0.2, 0.25) is 0 Å². The van der Waals surface area contributed by atoms with Crippen molar-refractivity contribution in [2.24, 2.45) is 0 Å². The van der Waals surface area contributed by atoms with Gasteiger partial charge in [-0.25, -0.2) is 0 Å². The van der Waals surface area contributed by atoms with Crippen molar-refractivity contribution in [1.82, 2.24) is 0 Å². The van der Waals surface area contributed by atoms with Crippen LogP contribution in [0.15, 0.2) is 23.0 Å². The molecule has 78 valence electrons. The molecule has 1 aliphatic carbocycles. The normalized spacial score (nSPS) is 26.3. The van der Waals surface area contributed by atoms with E-state index in [1.165, 1.54) is 57.5 Å². The molecule has 1 unspecified atom stereocenters. The third kappa shape index (κ3) is 2.95. The molecule has 0 bridgehead atoms. The number of allylic oxidation sites excluding steroid dienone is 4. The summed E-state index contributed by atoms with van der Waals surface area (Å²) in [5.74, 6) is 0. The van der Waals surface area contributed by atoms with Crippen molar-refractivity contribution in [3.63, 3.8) is 0 Å². The molecule has 0 aromatic carbocycles. The maximum Gasteiger partial charge on any atom is -0.0276 e. The molecule has 14 heavy (non-hydrogen) atoms. The number of hydrogen-bond donors (Lipinski definition) is 0. The SMILES string of the molecule is C1=C(C2=CCCCCP2)CCCCC1. The molecule has 0 nitrogen and oxygen atoms in total. The second-order valence-electron chi connectivity index (χ2n) is 4.37. The highest BCUT2D eigenvalue weighted by Crippen LogP contribution is 2.37. The molecule has 0 saturated carbocycles. The van der Waals surface area contributed by atoms with Crippen LogP contribution >= 0.6 is 8.58 Å². The zero-order valence-electron chi connectivity index (χ0n) is 9.02. The Labute approximate surface area is 89.6 Å². The van der Waals surface area contributed by atoms with Gasteiger partial charge in [0.15, 0.2) is 0 Å². The summed E-state index contributed by atoms with van der Waals surface area (Å²) in [5, 5.41) is 1.73. The summed E-state index contributed by atoms with van der Waals surface area (Å²) in [7, 11) is 1.11. The Morgan fingerprint density at radius 1 is 0.857 bits per heavy atom. The van der Waals surface area contributed by atoms with Crippen LogP contribution in [0.25, 0.3) is 0 Å². The van der Waals surface area contributed by atoms with Crippen molar-refractivity contribution in [1.29, 1.82) is 0 Å². The van der Waals surface area contributed by atoms with Gasteiger partial charge >= 0.3 is 0 Å². The van der Waals surface area contributed by atoms with Crippen molar-refractivity contribution >= 4 is 8.58 Å². The topological polar surface area (TPSA) is 0 Å². The van der Waals surface area contributed by atoms with Crippen LogP contribution in [0, 0.1) is 0 Å². The van der Waals surface area contributed by atoms with E-state index < -0.39 is 0 Å². The van der Waals surface area contributed by atoms with Gasteiger partial charge in [-0.2, -0.15) is 0 Å². The first-order chi connectivity index (χ1) is 6.97. The highest BCUT2D eigenvalue weighted by molar-refractivity contribution is 7.43. The zero-order chi connectivity index (χ0) is 9.64. The van der Waals surface area contributed by atoms with E-state index in [1.54, 1.807) is 10.9 Å². The minimum atomic E-state index is 1.11. The Kier molecular flexibility index (Phi) is 4.25. The van der Waals surface area contributed by atoms with Gasteiger partial charge in [-0.15, -0.1) is 0 Å². The number of hydrogen-bond acceptors (Lipinski definition) is 0. The molecule has 2 rings (SSSR count). The lowest BCUT2D eigenvalue weighted by atomic mass is 10.1. The van der Waals surface area contributed by atoms with Crippen LogP contribution in [0.1, 0.15) is 51.4 Å². The molecule has 0 saturated heterocycles. The van der Waals surface area contributed by atoms with Crippen molar-refractivity contribution in [3.05, 3.63) is 23.0 Å². The first-order valence-corrected chi connectivity index (χ1v) is 7.31. The van der Waals surface area contributed by atoms with Gasteiger partial charge in [0.25, 0.3) is 0 Å². The quantitative estimate of drug-likeness (QED) is 0.551. The number of rotatable bonds is 1. The van der Waals surface area contributed by atoms with E-state index >= 15 is 0 Å². The molecule has 0 radical (unpaired) electrons. The molecule has 1 heterocycles. The van der Waals surface area contributed by atoms with Crippen molar-refractivity contribution in [2.75, 3.05) is 6.16 Å². The van der Waals surface area contributed by atoms with Gasteiger partial charge in [0.05, 0.1) is 0 Å². The Morgan fingerprint density at radius 3 is 2.71 bits per heavy atom. The van der Waals surface area contributed by atoms with Crippen molar-refractivity contribution < 1.29 is 0 Å². The van der Waals surface area contributed by atoms with Crippen LogP contribution in [0.4, 0.5) is 0 Å². The lowest BCUT2D eigenvalue weighted by molar-refractivity contribution is 0.713. The minimum Gasteiger partial charge on any atom is -0.0905 e. The summed E-state index contributed by atoms with van der Waals surface area (Å²) in [5.41, 5.74) is 1.71. The Balaban J connectivity index is 2.03. The zero-order valence-corrected chi connectivity index (χ0v) is 10.0. The van der Waals surface area contributed by atoms with E-state index in [2.05, 4.69) is 12.2 Å². The van der Waals surface area contributed by atoms with E-state index in [0.717, 1.165) is 8.58 Å². The molecular formula is C13H21P. The Morgan fingerprint density at radius 2 is 1.71 bits per heavy atom. The van der Waals surface area contributed by atoms with Gasteiger partial charge in [-0.05, 0) is 62.0 Å². The van der Waals surface area contributed by atoms with E-state index in [0.29, 0.717) is 0 Å². The average molecular weight is 208 g/mol. The lowest BCUT2D eigenvalue weighted by Gasteiger charge is -2.09. The molecule has 0 spiro atoms. The van der Waals surface area contributed by atoms with Crippen molar-refractivity contribution in [3.8, 4) is 0 Å². The highest BCUT2D eigenvalue weighted by atomic mass is 31.1. The largest absolute Gasteiger partial charge is 0.0905 e. The highest BCUT2D eigenvalue weighted by Gasteiger charge is 2.09. The summed E-state index contributed by atoms with van der Waals surface area (Å²) < 4.78 is 0. The minimum absolute atomic E-state index is 1.11. The smallest absolute Gasteiger partial charge is 0.0276 e. The molecule has 2 aliphatic rings. The summed E-state index contributed by atoms with van der Waals surface area (Å²) in [6.07, 6.45) is 17.7. The third-order valence-corrected chi connectivity index (χ3v) is 4.69. The first kappa shape index (κ1) is 10.4. The predicted octanol–water partition coefficient (Wildman–Crippen LogP) is 4.62. The maximum atomic E-state index is 2.53. The Hall–Kier alpha value is -0.0900. The van der Waals surface area contributed by atoms with Crippen LogP contribution in [-0.2, 0) is 0 Å². The van der Waals surface area contributed by atoms with Crippen LogP contribution in [-0.4, -0.2) is 6.16 Å². The van der Waals surface area contributed by atoms with E-state index in [4.69, 9.17) is 0 Å². The fourth-order valence-electron chi connectivity index (χ4n) is 2.32. The molecule has 0 aromatic rings. The van der Waals surface area contributed by atoms with Gasteiger partial charge < -0.3 is 0 Å². The molecule has 1 atom stereocenters. The first-order valence-electron chi connectivity index (χ1n) is 6.10. The standard InChI is InChI=1S/C13H21P/c1-2-5-9-12(8-4-1)13-10-6-3-7-11-14-13/h8,10,14H,1-7,9,11H2. The molecule has 1 heteroatoms. The second-order valence-corrected chi connectivity index (χ2v) is 5.76. The maximum absolute atomic E-state index is 2.53. The monoisotopic (exact) mass is 208 g/mol.